The van der Waals surface area contributed by atoms with E-state index in [0.717, 1.165) is 13.2 Å². The molecule has 0 radical (unpaired) electrons. The highest BCUT2D eigenvalue weighted by Gasteiger charge is 2.01. The lowest BCUT2D eigenvalue weighted by molar-refractivity contribution is 0.0838. The third-order valence-electron chi connectivity index (χ3n) is 3.07. The van der Waals surface area contributed by atoms with Crippen LogP contribution >= 0.6 is 0 Å². The molecule has 20 heavy (non-hydrogen) atoms. The lowest BCUT2D eigenvalue weighted by Crippen LogP contribution is -2.21. The predicted molar refractivity (Wildman–Crippen MR) is 90.0 cm³/mol. The van der Waals surface area contributed by atoms with Gasteiger partial charge >= 0.3 is 0 Å². The van der Waals surface area contributed by atoms with Crippen LogP contribution in [0.3, 0.4) is 0 Å². The van der Waals surface area contributed by atoms with Crippen LogP contribution in [0.15, 0.2) is 0 Å². The minimum atomic E-state index is 0.458. The molecule has 4 heteroatoms. The number of unbranched alkanes of at least 4 members (excludes halogenated alkanes) is 3. The molecule has 4 N–H and O–H groups in total. The lowest BCUT2D eigenvalue weighted by atomic mass is 10.2. The zero-order valence-electron chi connectivity index (χ0n) is 14.5. The molecule has 0 fully saturated rings. The van der Waals surface area contributed by atoms with Crippen LogP contribution in [-0.2, 0) is 4.74 Å². The van der Waals surface area contributed by atoms with Crippen molar-refractivity contribution in [2.75, 3.05) is 46.9 Å². The van der Waals surface area contributed by atoms with Gasteiger partial charge in [-0.1, -0.05) is 40.0 Å². The molecule has 0 aromatic rings. The zero-order valence-corrected chi connectivity index (χ0v) is 14.5. The number of nitrogens with zero attached hydrogens (tertiary/aromatic N) is 1. The molecule has 0 amide bonds. The van der Waals surface area contributed by atoms with Gasteiger partial charge in [-0.2, -0.15) is 0 Å². The van der Waals surface area contributed by atoms with E-state index in [-0.39, 0.29) is 0 Å². The first-order valence-electron chi connectivity index (χ1n) is 8.10. The van der Waals surface area contributed by atoms with Crippen molar-refractivity contribution in [1.29, 1.82) is 0 Å². The first-order valence-corrected chi connectivity index (χ1v) is 8.10. The van der Waals surface area contributed by atoms with E-state index in [2.05, 4.69) is 39.8 Å². The zero-order chi connectivity index (χ0) is 15.8. The molecular weight excluding hydrogens is 250 g/mol. The molecule has 0 aromatic carbocycles. The van der Waals surface area contributed by atoms with Crippen molar-refractivity contribution in [2.24, 2.45) is 23.3 Å². The molecule has 0 aliphatic rings. The van der Waals surface area contributed by atoms with E-state index < -0.39 is 0 Å². The van der Waals surface area contributed by atoms with Gasteiger partial charge in [0.15, 0.2) is 0 Å². The average molecular weight is 290 g/mol. The smallest absolute Gasteiger partial charge is 0.0503 e. The highest BCUT2D eigenvalue weighted by atomic mass is 16.5. The highest BCUT2D eigenvalue weighted by molar-refractivity contribution is 4.53. The summed E-state index contributed by atoms with van der Waals surface area (Å²) in [7, 11) is 4.26. The Bertz CT molecular complexity index is 167. The Morgan fingerprint density at radius 2 is 1.40 bits per heavy atom. The van der Waals surface area contributed by atoms with Gasteiger partial charge < -0.3 is 21.1 Å². The van der Waals surface area contributed by atoms with Gasteiger partial charge in [0.05, 0.1) is 13.2 Å². The molecule has 0 rings (SSSR count). The maximum Gasteiger partial charge on any atom is 0.0503 e. The van der Waals surface area contributed by atoms with Gasteiger partial charge in [-0.25, -0.2) is 0 Å². The maximum absolute atomic E-state index is 5.42. The van der Waals surface area contributed by atoms with Crippen LogP contribution in [0.25, 0.3) is 0 Å². The van der Waals surface area contributed by atoms with Crippen molar-refractivity contribution in [2.45, 2.75) is 46.5 Å². The third kappa shape index (κ3) is 20.2. The number of hydrogen-bond acceptors (Lipinski definition) is 4. The van der Waals surface area contributed by atoms with Crippen LogP contribution in [0.2, 0.25) is 0 Å². The first-order chi connectivity index (χ1) is 9.47. The van der Waals surface area contributed by atoms with Crippen LogP contribution < -0.4 is 11.5 Å². The number of ether oxygens (including phenoxy) is 1. The number of rotatable bonds is 11. The van der Waals surface area contributed by atoms with E-state index in [0.29, 0.717) is 24.9 Å². The lowest BCUT2D eigenvalue weighted by Gasteiger charge is -2.12. The van der Waals surface area contributed by atoms with E-state index >= 15 is 0 Å². The van der Waals surface area contributed by atoms with Crippen molar-refractivity contribution in [3.05, 3.63) is 0 Å². The Hall–Kier alpha value is -0.160. The fraction of sp³-hybridized carbons (Fsp3) is 1.00. The molecule has 0 saturated carbocycles. The van der Waals surface area contributed by atoms with Crippen molar-refractivity contribution < 1.29 is 4.74 Å². The molecule has 2 atom stereocenters. The summed E-state index contributed by atoms with van der Waals surface area (Å²) in [5.74, 6) is 0.917. The van der Waals surface area contributed by atoms with Gasteiger partial charge in [0.1, 0.15) is 0 Å². The summed E-state index contributed by atoms with van der Waals surface area (Å²) in [5, 5.41) is 0. The second kappa shape index (κ2) is 16.9. The summed E-state index contributed by atoms with van der Waals surface area (Å²) in [6, 6.07) is 0. The molecule has 0 aromatic heterocycles. The monoisotopic (exact) mass is 289 g/mol. The minimum Gasteiger partial charge on any atom is -0.381 e. The van der Waals surface area contributed by atoms with Crippen molar-refractivity contribution in [3.63, 3.8) is 0 Å². The molecule has 124 valence electrons. The Morgan fingerprint density at radius 1 is 0.900 bits per heavy atom. The van der Waals surface area contributed by atoms with E-state index in [1.165, 1.54) is 32.2 Å². The molecule has 4 nitrogen and oxygen atoms in total. The van der Waals surface area contributed by atoms with Gasteiger partial charge in [0.25, 0.3) is 0 Å². The summed E-state index contributed by atoms with van der Waals surface area (Å²) < 4.78 is 5.38. The average Bonchev–Trinajstić information content (AvgIpc) is 2.43. The number of nitrogens with two attached hydrogens (primary N) is 2. The second-order valence-corrected chi connectivity index (χ2v) is 6.08. The standard InChI is InChI=1S/C8H20N2O.C8H19N/c1-7(3-9)5-11-6-8(2)4-10;1-4-5-6-7-8-9(2)3/h7-8H,3-6,9-10H2,1-2H3;4-8H2,1-3H3. The largest absolute Gasteiger partial charge is 0.381 e. The van der Waals surface area contributed by atoms with Crippen LogP contribution in [0.4, 0.5) is 0 Å². The minimum absolute atomic E-state index is 0.458. The third-order valence-corrected chi connectivity index (χ3v) is 3.07. The predicted octanol–water partition coefficient (Wildman–Crippen LogP) is 2.32. The molecule has 0 aliphatic heterocycles. The molecular formula is C16H39N3O. The summed E-state index contributed by atoms with van der Waals surface area (Å²) in [5.41, 5.74) is 10.8. The molecule has 0 spiro atoms. The Labute approximate surface area is 127 Å². The van der Waals surface area contributed by atoms with Crippen molar-refractivity contribution >= 4 is 0 Å². The summed E-state index contributed by atoms with van der Waals surface area (Å²) >= 11 is 0. The summed E-state index contributed by atoms with van der Waals surface area (Å²) in [6.45, 7) is 10.5. The summed E-state index contributed by atoms with van der Waals surface area (Å²) in [6.07, 6.45) is 5.50. The fourth-order valence-corrected chi connectivity index (χ4v) is 1.46. The van der Waals surface area contributed by atoms with E-state index in [1.807, 2.05) is 0 Å². The van der Waals surface area contributed by atoms with Crippen molar-refractivity contribution in [1.82, 2.24) is 4.90 Å². The normalized spacial score (nSPS) is 13.8. The highest BCUT2D eigenvalue weighted by Crippen LogP contribution is 1.98. The van der Waals surface area contributed by atoms with Gasteiger partial charge in [-0.3, -0.25) is 0 Å². The van der Waals surface area contributed by atoms with Gasteiger partial charge in [0, 0.05) is 0 Å². The van der Waals surface area contributed by atoms with Crippen LogP contribution in [0.5, 0.6) is 0 Å². The van der Waals surface area contributed by atoms with Gasteiger partial charge in [0.2, 0.25) is 0 Å². The molecule has 0 saturated heterocycles. The van der Waals surface area contributed by atoms with E-state index in [1.54, 1.807) is 0 Å². The Balaban J connectivity index is 0. The molecule has 0 bridgehead atoms. The van der Waals surface area contributed by atoms with Crippen LogP contribution in [-0.4, -0.2) is 51.8 Å². The molecule has 2 unspecified atom stereocenters. The first kappa shape index (κ1) is 22.1. The quantitative estimate of drug-likeness (QED) is 0.573. The molecule has 0 aliphatic carbocycles. The number of hydrogen-bond donors (Lipinski definition) is 2. The Morgan fingerprint density at radius 3 is 1.75 bits per heavy atom. The fourth-order valence-electron chi connectivity index (χ4n) is 1.46. The maximum atomic E-state index is 5.42. The molecule has 0 heterocycles. The van der Waals surface area contributed by atoms with Crippen LogP contribution in [0, 0.1) is 11.8 Å². The SMILES string of the molecule is CC(CN)COCC(C)CN.CCCCCCN(C)C. The van der Waals surface area contributed by atoms with E-state index in [4.69, 9.17) is 16.2 Å². The Kier molecular flexibility index (Phi) is 18.7. The van der Waals surface area contributed by atoms with Gasteiger partial charge in [-0.15, -0.1) is 0 Å². The van der Waals surface area contributed by atoms with E-state index in [9.17, 15) is 0 Å². The van der Waals surface area contributed by atoms with Crippen molar-refractivity contribution in [3.8, 4) is 0 Å². The second-order valence-electron chi connectivity index (χ2n) is 6.08. The summed E-state index contributed by atoms with van der Waals surface area (Å²) in [4.78, 5) is 2.25. The van der Waals surface area contributed by atoms with Crippen LogP contribution in [0.1, 0.15) is 46.5 Å². The topological polar surface area (TPSA) is 64.5 Å². The van der Waals surface area contributed by atoms with Gasteiger partial charge in [-0.05, 0) is 52.0 Å².